The molecule has 3 aliphatic carbocycles. The molecule has 5 atom stereocenters. The zero-order valence-corrected chi connectivity index (χ0v) is 23.6. The van der Waals surface area contributed by atoms with Gasteiger partial charge in [-0.2, -0.15) is 13.2 Å². The number of likely N-dealkylation sites (N-methyl/N-ethyl adjacent to an activating group) is 1. The van der Waals surface area contributed by atoms with Crippen LogP contribution in [0.4, 0.5) is 13.2 Å². The Kier molecular flexibility index (Phi) is 7.02. The molecule has 1 saturated heterocycles. The van der Waals surface area contributed by atoms with Gasteiger partial charge in [0.25, 0.3) is 5.91 Å². The highest BCUT2D eigenvalue weighted by Crippen LogP contribution is 2.55. The first kappa shape index (κ1) is 30.1. The SMILES string of the molecule is CC(C)N1CCCC1c1cc(O)c2c(c1C(F)(F)F)C[C@H]1C[C@H]3[C@H](N(C)C)C(=O)C(C(N)=O)=C(O)[C@@]3(O)C(=O)C1=C2O. The molecule has 6 N–H and O–H groups in total. The monoisotopic (exact) mass is 593 g/mol. The molecular weight excluding hydrogens is 559 g/mol. The second kappa shape index (κ2) is 9.81. The normalized spacial score (nSPS) is 30.2. The number of carbonyl (C=O) groups excluding carboxylic acids is 3. The van der Waals surface area contributed by atoms with Gasteiger partial charge in [0.15, 0.2) is 11.4 Å². The Morgan fingerprint density at radius 1 is 1.19 bits per heavy atom. The zero-order valence-electron chi connectivity index (χ0n) is 23.6. The van der Waals surface area contributed by atoms with E-state index in [0.29, 0.717) is 19.4 Å². The van der Waals surface area contributed by atoms with Gasteiger partial charge >= 0.3 is 6.18 Å². The molecule has 1 saturated carbocycles. The van der Waals surface area contributed by atoms with Crippen molar-refractivity contribution in [1.29, 1.82) is 0 Å². The molecule has 0 aromatic heterocycles. The number of aliphatic hydroxyl groups excluding tert-OH is 2. The standard InChI is InChI=1S/C29H34F3N3O7/c1-11(2)35-7-5-6-16(35)13-10-17(36)19-14(21(13)29(30,31)32)8-12-9-15-22(34(3)4)24(38)20(27(33)41)26(40)28(15,42)25(39)18(12)23(19)37/h10-12,15-16,22,36-37,40,42H,5-9H2,1-4H3,(H2,33,41)/t12-,15-,16?,22-,28-/m0/s1. The Balaban J connectivity index is 1.76. The minimum absolute atomic E-state index is 0.0665. The molecule has 2 fully saturated rings. The van der Waals surface area contributed by atoms with Crippen LogP contribution in [-0.4, -0.2) is 86.0 Å². The van der Waals surface area contributed by atoms with E-state index in [1.165, 1.54) is 19.0 Å². The number of Topliss-reactive ketones (excluding diaryl/α,β-unsaturated/α-hetero) is 2. The van der Waals surface area contributed by atoms with E-state index in [1.54, 1.807) is 0 Å². The summed E-state index contributed by atoms with van der Waals surface area (Å²) in [5.41, 5.74) is -1.08. The molecule has 0 radical (unpaired) electrons. The summed E-state index contributed by atoms with van der Waals surface area (Å²) < 4.78 is 44.6. The van der Waals surface area contributed by atoms with E-state index < -0.39 is 99.1 Å². The molecule has 1 aromatic rings. The Morgan fingerprint density at radius 2 is 1.83 bits per heavy atom. The third-order valence-electron chi connectivity index (χ3n) is 9.35. The zero-order chi connectivity index (χ0) is 31.2. The first-order chi connectivity index (χ1) is 19.4. The second-order valence-corrected chi connectivity index (χ2v) is 12.2. The molecule has 1 unspecified atom stereocenters. The third-order valence-corrected chi connectivity index (χ3v) is 9.35. The molecule has 42 heavy (non-hydrogen) atoms. The van der Waals surface area contributed by atoms with Gasteiger partial charge in [0.1, 0.15) is 22.8 Å². The quantitative estimate of drug-likeness (QED) is 0.330. The van der Waals surface area contributed by atoms with Gasteiger partial charge in [-0.25, -0.2) is 0 Å². The van der Waals surface area contributed by atoms with E-state index in [0.717, 1.165) is 6.07 Å². The van der Waals surface area contributed by atoms with E-state index in [2.05, 4.69) is 0 Å². The Bertz CT molecular complexity index is 1460. The first-order valence-corrected chi connectivity index (χ1v) is 13.8. The number of nitrogens with zero attached hydrogens (tertiary/aromatic N) is 2. The second-order valence-electron chi connectivity index (χ2n) is 12.2. The number of rotatable bonds is 4. The summed E-state index contributed by atoms with van der Waals surface area (Å²) in [5, 5.41) is 45.0. The van der Waals surface area contributed by atoms with Crippen molar-refractivity contribution in [2.45, 2.75) is 69.4 Å². The van der Waals surface area contributed by atoms with E-state index in [-0.39, 0.29) is 23.6 Å². The topological polar surface area (TPSA) is 165 Å². The van der Waals surface area contributed by atoms with Gasteiger partial charge in [-0.1, -0.05) is 0 Å². The lowest BCUT2D eigenvalue weighted by molar-refractivity contribution is -0.153. The number of aromatic hydroxyl groups is 1. The summed E-state index contributed by atoms with van der Waals surface area (Å²) in [6.45, 7) is 4.33. The summed E-state index contributed by atoms with van der Waals surface area (Å²) in [6, 6.07) is -1.05. The molecule has 0 bridgehead atoms. The fourth-order valence-electron chi connectivity index (χ4n) is 7.68. The highest BCUT2D eigenvalue weighted by Gasteiger charge is 2.64. The molecule has 4 aliphatic rings. The summed E-state index contributed by atoms with van der Waals surface area (Å²) in [4.78, 5) is 42.5. The van der Waals surface area contributed by atoms with Crippen LogP contribution >= 0.6 is 0 Å². The van der Waals surface area contributed by atoms with Crippen LogP contribution in [0.2, 0.25) is 0 Å². The number of ketones is 2. The summed E-state index contributed by atoms with van der Waals surface area (Å²) in [7, 11) is 2.89. The van der Waals surface area contributed by atoms with Crippen LogP contribution in [-0.2, 0) is 27.0 Å². The highest BCUT2D eigenvalue weighted by molar-refractivity contribution is 6.24. The number of nitrogens with two attached hydrogens (primary N) is 1. The number of benzene rings is 1. The van der Waals surface area contributed by atoms with Crippen molar-refractivity contribution in [3.05, 3.63) is 45.2 Å². The summed E-state index contributed by atoms with van der Waals surface area (Å²) >= 11 is 0. The third kappa shape index (κ3) is 4.08. The van der Waals surface area contributed by atoms with Gasteiger partial charge < -0.3 is 26.2 Å². The number of amides is 1. The number of hydrogen-bond acceptors (Lipinski definition) is 9. The predicted octanol–water partition coefficient (Wildman–Crippen LogP) is 2.53. The molecular formula is C29H34F3N3O7. The average molecular weight is 594 g/mol. The molecule has 1 aliphatic heterocycles. The average Bonchev–Trinajstić information content (AvgIpc) is 3.35. The van der Waals surface area contributed by atoms with Crippen LogP contribution < -0.4 is 5.73 Å². The number of alkyl halides is 3. The number of phenolic OH excluding ortho intramolecular Hbond substituents is 1. The van der Waals surface area contributed by atoms with Gasteiger partial charge in [0.2, 0.25) is 5.78 Å². The number of phenols is 1. The molecule has 0 spiro atoms. The van der Waals surface area contributed by atoms with Gasteiger partial charge in [0.05, 0.1) is 17.2 Å². The van der Waals surface area contributed by atoms with Crippen molar-refractivity contribution >= 4 is 23.2 Å². The number of likely N-dealkylation sites (tertiary alicyclic amines) is 1. The largest absolute Gasteiger partial charge is 0.508 e. The van der Waals surface area contributed by atoms with Gasteiger partial charge in [-0.15, -0.1) is 0 Å². The lowest BCUT2D eigenvalue weighted by Gasteiger charge is -2.50. The van der Waals surface area contributed by atoms with Crippen LogP contribution in [0.1, 0.15) is 61.4 Å². The fraction of sp³-hybridized carbons (Fsp3) is 0.552. The number of aliphatic hydroxyl groups is 3. The maximum absolute atomic E-state index is 14.9. The molecule has 228 valence electrons. The van der Waals surface area contributed by atoms with Crippen molar-refractivity contribution in [3.8, 4) is 5.75 Å². The Morgan fingerprint density at radius 3 is 2.38 bits per heavy atom. The molecule has 1 aromatic carbocycles. The molecule has 1 heterocycles. The summed E-state index contributed by atoms with van der Waals surface area (Å²) in [6.07, 6.45) is -4.51. The van der Waals surface area contributed by atoms with Gasteiger partial charge in [-0.05, 0) is 83.3 Å². The molecule has 5 rings (SSSR count). The number of hydrogen-bond donors (Lipinski definition) is 5. The van der Waals surface area contributed by atoms with Crippen molar-refractivity contribution < 1.29 is 48.0 Å². The van der Waals surface area contributed by atoms with Gasteiger partial charge in [0, 0.05) is 23.6 Å². The van der Waals surface area contributed by atoms with Crippen molar-refractivity contribution in [2.75, 3.05) is 20.6 Å². The smallest absolute Gasteiger partial charge is 0.417 e. The Hall–Kier alpha value is -3.42. The van der Waals surface area contributed by atoms with Crippen molar-refractivity contribution in [3.63, 3.8) is 0 Å². The van der Waals surface area contributed by atoms with E-state index in [1.807, 2.05) is 18.7 Å². The van der Waals surface area contributed by atoms with Crippen LogP contribution in [0.3, 0.4) is 0 Å². The lowest BCUT2D eigenvalue weighted by atomic mass is 9.57. The van der Waals surface area contributed by atoms with E-state index >= 15 is 0 Å². The van der Waals surface area contributed by atoms with E-state index in [9.17, 15) is 48.0 Å². The first-order valence-electron chi connectivity index (χ1n) is 13.8. The lowest BCUT2D eigenvalue weighted by Crippen LogP contribution is -2.65. The summed E-state index contributed by atoms with van der Waals surface area (Å²) in [5.74, 6) is -8.94. The number of fused-ring (bicyclic) bond motifs is 3. The molecule has 13 heteroatoms. The van der Waals surface area contributed by atoms with E-state index in [4.69, 9.17) is 5.73 Å². The van der Waals surface area contributed by atoms with Crippen LogP contribution in [0.25, 0.3) is 5.76 Å². The maximum Gasteiger partial charge on any atom is 0.417 e. The van der Waals surface area contributed by atoms with Crippen molar-refractivity contribution in [1.82, 2.24) is 9.80 Å². The number of halogens is 3. The molecule has 1 amide bonds. The Labute approximate surface area is 239 Å². The van der Waals surface area contributed by atoms with Crippen LogP contribution in [0.15, 0.2) is 23.0 Å². The minimum atomic E-state index is -4.88. The van der Waals surface area contributed by atoms with Gasteiger partial charge in [-0.3, -0.25) is 24.2 Å². The highest BCUT2D eigenvalue weighted by atomic mass is 19.4. The van der Waals surface area contributed by atoms with Crippen LogP contribution in [0.5, 0.6) is 5.75 Å². The predicted molar refractivity (Wildman–Crippen MR) is 143 cm³/mol. The van der Waals surface area contributed by atoms with Crippen molar-refractivity contribution in [2.24, 2.45) is 17.6 Å². The maximum atomic E-state index is 14.9. The number of primary amides is 1. The fourth-order valence-corrected chi connectivity index (χ4v) is 7.68. The minimum Gasteiger partial charge on any atom is -0.508 e. The van der Waals surface area contributed by atoms with Crippen LogP contribution in [0, 0.1) is 11.8 Å². The number of carbonyl (C=O) groups is 3. The molecule has 10 nitrogen and oxygen atoms in total.